The summed E-state index contributed by atoms with van der Waals surface area (Å²) >= 11 is 0. The number of carbonyl (C=O) groups is 3. The van der Waals surface area contributed by atoms with E-state index in [0.717, 1.165) is 0 Å². The number of ether oxygens (including phenoxy) is 2. The van der Waals surface area contributed by atoms with Crippen LogP contribution in [0.15, 0.2) is 48.5 Å². The topological polar surface area (TPSA) is 114 Å². The predicted molar refractivity (Wildman–Crippen MR) is 91.6 cm³/mol. The summed E-state index contributed by atoms with van der Waals surface area (Å²) in [5, 5.41) is 9.74. The summed E-state index contributed by atoms with van der Waals surface area (Å²) < 4.78 is 9.97. The first kappa shape index (κ1) is 18.8. The normalized spacial score (nSPS) is 11.2. The molecule has 1 atom stereocenters. The molecule has 0 aliphatic carbocycles. The van der Waals surface area contributed by atoms with E-state index in [4.69, 9.17) is 9.47 Å². The second kappa shape index (κ2) is 8.52. The van der Waals surface area contributed by atoms with Gasteiger partial charge in [-0.25, -0.2) is 4.79 Å². The second-order valence-corrected chi connectivity index (χ2v) is 5.24. The lowest BCUT2D eigenvalue weighted by atomic mass is 10.2. The maximum atomic E-state index is 12.1. The average Bonchev–Trinajstić information content (AvgIpc) is 2.66. The molecule has 0 aliphatic rings. The van der Waals surface area contributed by atoms with E-state index in [1.165, 1.54) is 32.2 Å². The molecule has 8 nitrogen and oxygen atoms in total. The monoisotopic (exact) mass is 358 g/mol. The highest BCUT2D eigenvalue weighted by Gasteiger charge is 2.22. The van der Waals surface area contributed by atoms with Gasteiger partial charge in [-0.1, -0.05) is 18.2 Å². The molecular weight excluding hydrogens is 340 g/mol. The van der Waals surface area contributed by atoms with Gasteiger partial charge in [0.2, 0.25) is 0 Å². The van der Waals surface area contributed by atoms with Gasteiger partial charge in [0, 0.05) is 5.56 Å². The smallest absolute Gasteiger partial charge is 0.342 e. The summed E-state index contributed by atoms with van der Waals surface area (Å²) in [5.41, 5.74) is 4.61. The molecule has 0 aliphatic heterocycles. The van der Waals surface area contributed by atoms with Gasteiger partial charge in [0.1, 0.15) is 17.1 Å². The van der Waals surface area contributed by atoms with Crippen LogP contribution >= 0.6 is 0 Å². The SMILES string of the molecule is COc1ccc(O)c(C(=O)O[C@H](C)C(=O)NNC(=O)c2ccccc2)c1. The average molecular weight is 358 g/mol. The molecule has 0 radical (unpaired) electrons. The van der Waals surface area contributed by atoms with Gasteiger partial charge in [0.05, 0.1) is 7.11 Å². The Bertz CT molecular complexity index is 807. The number of phenolic OH excluding ortho intramolecular Hbond substituents is 1. The first-order valence-electron chi connectivity index (χ1n) is 7.65. The summed E-state index contributed by atoms with van der Waals surface area (Å²) in [7, 11) is 1.41. The maximum absolute atomic E-state index is 12.1. The number of phenols is 1. The molecule has 0 heterocycles. The first-order chi connectivity index (χ1) is 12.4. The number of amides is 2. The van der Waals surface area contributed by atoms with Gasteiger partial charge < -0.3 is 14.6 Å². The molecule has 0 unspecified atom stereocenters. The van der Waals surface area contributed by atoms with Gasteiger partial charge in [-0.05, 0) is 37.3 Å². The Hall–Kier alpha value is -3.55. The molecule has 136 valence electrons. The van der Waals surface area contributed by atoms with Crippen LogP contribution in [0.1, 0.15) is 27.6 Å². The van der Waals surface area contributed by atoms with E-state index in [0.29, 0.717) is 11.3 Å². The third kappa shape index (κ3) is 4.73. The van der Waals surface area contributed by atoms with Gasteiger partial charge in [-0.3, -0.25) is 20.4 Å². The number of rotatable bonds is 5. The molecule has 2 aromatic rings. The fraction of sp³-hybridized carbons (Fsp3) is 0.167. The van der Waals surface area contributed by atoms with Crippen LogP contribution in [-0.2, 0) is 9.53 Å². The van der Waals surface area contributed by atoms with Crippen LogP contribution < -0.4 is 15.6 Å². The minimum absolute atomic E-state index is 0.141. The van der Waals surface area contributed by atoms with E-state index in [1.807, 2.05) is 0 Å². The van der Waals surface area contributed by atoms with Gasteiger partial charge in [0.15, 0.2) is 6.10 Å². The van der Waals surface area contributed by atoms with Crippen molar-refractivity contribution in [3.8, 4) is 11.5 Å². The molecule has 0 spiro atoms. The number of nitrogens with one attached hydrogen (secondary N) is 2. The fourth-order valence-corrected chi connectivity index (χ4v) is 1.96. The van der Waals surface area contributed by atoms with Gasteiger partial charge in [-0.15, -0.1) is 0 Å². The van der Waals surface area contributed by atoms with Crippen LogP contribution in [0.2, 0.25) is 0 Å². The van der Waals surface area contributed by atoms with Crippen LogP contribution in [0.25, 0.3) is 0 Å². The van der Waals surface area contributed by atoms with Gasteiger partial charge >= 0.3 is 5.97 Å². The highest BCUT2D eigenvalue weighted by molar-refractivity contribution is 5.97. The van der Waals surface area contributed by atoms with E-state index in [2.05, 4.69) is 10.9 Å². The zero-order valence-electron chi connectivity index (χ0n) is 14.2. The Morgan fingerprint density at radius 2 is 1.73 bits per heavy atom. The fourth-order valence-electron chi connectivity index (χ4n) is 1.96. The van der Waals surface area contributed by atoms with Gasteiger partial charge in [-0.2, -0.15) is 0 Å². The summed E-state index contributed by atoms with van der Waals surface area (Å²) in [4.78, 5) is 35.9. The van der Waals surface area contributed by atoms with Gasteiger partial charge in [0.25, 0.3) is 11.8 Å². The molecule has 2 aromatic carbocycles. The third-order valence-corrected chi connectivity index (χ3v) is 3.41. The van der Waals surface area contributed by atoms with Crippen LogP contribution in [0, 0.1) is 0 Å². The quantitative estimate of drug-likeness (QED) is 0.550. The van der Waals surface area contributed by atoms with Crippen molar-refractivity contribution in [3.63, 3.8) is 0 Å². The Kier molecular flexibility index (Phi) is 6.15. The number of methoxy groups -OCH3 is 1. The Morgan fingerprint density at radius 3 is 2.38 bits per heavy atom. The Morgan fingerprint density at radius 1 is 1.04 bits per heavy atom. The van der Waals surface area contributed by atoms with Crippen LogP contribution in [0.3, 0.4) is 0 Å². The molecule has 0 saturated heterocycles. The minimum Gasteiger partial charge on any atom is -0.507 e. The third-order valence-electron chi connectivity index (χ3n) is 3.41. The number of aromatic hydroxyl groups is 1. The number of hydrogen-bond donors (Lipinski definition) is 3. The number of benzene rings is 2. The van der Waals surface area contributed by atoms with Crippen molar-refractivity contribution in [1.82, 2.24) is 10.9 Å². The first-order valence-corrected chi connectivity index (χ1v) is 7.65. The molecule has 0 saturated carbocycles. The molecule has 2 rings (SSSR count). The molecule has 0 bridgehead atoms. The zero-order chi connectivity index (χ0) is 19.1. The van der Waals surface area contributed by atoms with E-state index in [1.54, 1.807) is 30.3 Å². The number of hydrogen-bond acceptors (Lipinski definition) is 6. The van der Waals surface area contributed by atoms with Crippen molar-refractivity contribution in [1.29, 1.82) is 0 Å². The summed E-state index contributed by atoms with van der Waals surface area (Å²) in [6, 6.07) is 12.3. The van der Waals surface area contributed by atoms with E-state index in [-0.39, 0.29) is 11.3 Å². The summed E-state index contributed by atoms with van der Waals surface area (Å²) in [5.74, 6) is -2.10. The maximum Gasteiger partial charge on any atom is 0.342 e. The van der Waals surface area contributed by atoms with E-state index < -0.39 is 23.9 Å². The van der Waals surface area contributed by atoms with E-state index >= 15 is 0 Å². The van der Waals surface area contributed by atoms with Crippen molar-refractivity contribution in [2.24, 2.45) is 0 Å². The van der Waals surface area contributed by atoms with Crippen LogP contribution in [0.5, 0.6) is 11.5 Å². The zero-order valence-corrected chi connectivity index (χ0v) is 14.2. The minimum atomic E-state index is -1.20. The van der Waals surface area contributed by atoms with Crippen molar-refractivity contribution < 1.29 is 29.0 Å². The molecule has 8 heteroatoms. The summed E-state index contributed by atoms with van der Waals surface area (Å²) in [6.45, 7) is 1.33. The van der Waals surface area contributed by atoms with E-state index in [9.17, 15) is 19.5 Å². The standard InChI is InChI=1S/C18H18N2O6/c1-11(16(22)19-20-17(23)12-6-4-3-5-7-12)26-18(24)14-10-13(25-2)8-9-15(14)21/h3-11,21H,1-2H3,(H,19,22)(H,20,23)/t11-/m1/s1. The highest BCUT2D eigenvalue weighted by Crippen LogP contribution is 2.23. The largest absolute Gasteiger partial charge is 0.507 e. The predicted octanol–water partition coefficient (Wildman–Crippen LogP) is 1.41. The highest BCUT2D eigenvalue weighted by atomic mass is 16.5. The molecule has 26 heavy (non-hydrogen) atoms. The lowest BCUT2D eigenvalue weighted by molar-refractivity contribution is -0.129. The molecule has 0 aromatic heterocycles. The molecule has 0 fully saturated rings. The summed E-state index contributed by atoms with van der Waals surface area (Å²) in [6.07, 6.45) is -1.20. The Balaban J connectivity index is 1.92. The molecule has 3 N–H and O–H groups in total. The number of hydrazine groups is 1. The Labute approximate surface area is 149 Å². The van der Waals surface area contributed by atoms with Crippen molar-refractivity contribution in [3.05, 3.63) is 59.7 Å². The van der Waals surface area contributed by atoms with Crippen LogP contribution in [0.4, 0.5) is 0 Å². The van der Waals surface area contributed by atoms with Crippen molar-refractivity contribution in [2.75, 3.05) is 7.11 Å². The van der Waals surface area contributed by atoms with Crippen LogP contribution in [-0.4, -0.2) is 36.1 Å². The number of carbonyl (C=O) groups excluding carboxylic acids is 3. The molecular formula is C18H18N2O6. The number of esters is 1. The van der Waals surface area contributed by atoms with Crippen molar-refractivity contribution >= 4 is 17.8 Å². The van der Waals surface area contributed by atoms with Crippen molar-refractivity contribution in [2.45, 2.75) is 13.0 Å². The lowest BCUT2D eigenvalue weighted by Gasteiger charge is -2.15. The second-order valence-electron chi connectivity index (χ2n) is 5.24. The lowest BCUT2D eigenvalue weighted by Crippen LogP contribution is -2.46. The molecule has 2 amide bonds.